The van der Waals surface area contributed by atoms with Crippen molar-refractivity contribution in [2.24, 2.45) is 0 Å². The van der Waals surface area contributed by atoms with Gasteiger partial charge >= 0.3 is 0 Å². The van der Waals surface area contributed by atoms with Gasteiger partial charge in [-0.1, -0.05) is 84.4 Å². The molecule has 0 saturated carbocycles. The van der Waals surface area contributed by atoms with E-state index in [2.05, 4.69) is 5.32 Å². The van der Waals surface area contributed by atoms with Crippen LogP contribution >= 0.6 is 0 Å². The van der Waals surface area contributed by atoms with Crippen molar-refractivity contribution in [3.8, 4) is 0 Å². The van der Waals surface area contributed by atoms with E-state index in [0.29, 0.717) is 0 Å². The van der Waals surface area contributed by atoms with Gasteiger partial charge in [0.05, 0.1) is 10.6 Å². The molecule has 7 nitrogen and oxygen atoms in total. The Morgan fingerprint density at radius 2 is 1.39 bits per heavy atom. The SMILES string of the molecule is Cc1ccc(S(=O)(=O)N(CC(=O)N(Cc2ccccc2F)[C@@H](Cc2ccccc2)C(=O)NC(C)(C)C)c2ccccc2)cc1. The third kappa shape index (κ3) is 8.32. The Morgan fingerprint density at radius 3 is 1.98 bits per heavy atom. The summed E-state index contributed by atoms with van der Waals surface area (Å²) in [4.78, 5) is 29.6. The van der Waals surface area contributed by atoms with Gasteiger partial charge in [0.1, 0.15) is 18.4 Å². The summed E-state index contributed by atoms with van der Waals surface area (Å²) in [7, 11) is -4.20. The maximum Gasteiger partial charge on any atom is 0.264 e. The number of nitrogens with zero attached hydrogens (tertiary/aromatic N) is 2. The fourth-order valence-corrected chi connectivity index (χ4v) is 6.19. The monoisotopic (exact) mass is 615 g/mol. The molecule has 0 radical (unpaired) electrons. The van der Waals surface area contributed by atoms with Crippen LogP contribution in [0.3, 0.4) is 0 Å². The molecule has 4 aromatic rings. The molecule has 0 aliphatic carbocycles. The van der Waals surface area contributed by atoms with E-state index >= 15 is 4.39 Å². The van der Waals surface area contributed by atoms with Crippen LogP contribution in [-0.2, 0) is 32.6 Å². The first-order valence-corrected chi connectivity index (χ1v) is 15.8. The molecule has 0 heterocycles. The highest BCUT2D eigenvalue weighted by Gasteiger charge is 2.36. The smallest absolute Gasteiger partial charge is 0.264 e. The lowest BCUT2D eigenvalue weighted by molar-refractivity contribution is -0.140. The van der Waals surface area contributed by atoms with Gasteiger partial charge in [0.15, 0.2) is 0 Å². The average molecular weight is 616 g/mol. The number of aryl methyl sites for hydroxylation is 1. The molecule has 0 aliphatic heterocycles. The lowest BCUT2D eigenvalue weighted by Crippen LogP contribution is -2.56. The number of anilines is 1. The Morgan fingerprint density at radius 1 is 0.818 bits per heavy atom. The number of hydrogen-bond donors (Lipinski definition) is 1. The Hall–Kier alpha value is -4.50. The van der Waals surface area contributed by atoms with Gasteiger partial charge < -0.3 is 10.2 Å². The second-order valence-corrected chi connectivity index (χ2v) is 13.6. The average Bonchev–Trinajstić information content (AvgIpc) is 2.98. The maximum atomic E-state index is 15.0. The van der Waals surface area contributed by atoms with E-state index in [1.54, 1.807) is 60.7 Å². The van der Waals surface area contributed by atoms with Crippen LogP contribution in [0.25, 0.3) is 0 Å². The molecule has 0 fully saturated rings. The third-order valence-corrected chi connectivity index (χ3v) is 8.79. The van der Waals surface area contributed by atoms with Gasteiger partial charge in [0.2, 0.25) is 11.8 Å². The third-order valence-electron chi connectivity index (χ3n) is 7.00. The van der Waals surface area contributed by atoms with Crippen molar-refractivity contribution in [2.45, 2.75) is 57.1 Å². The largest absolute Gasteiger partial charge is 0.350 e. The summed E-state index contributed by atoms with van der Waals surface area (Å²) in [6.45, 7) is 6.50. The van der Waals surface area contributed by atoms with Crippen molar-refractivity contribution in [2.75, 3.05) is 10.8 Å². The summed E-state index contributed by atoms with van der Waals surface area (Å²) in [5, 5.41) is 2.96. The van der Waals surface area contributed by atoms with Gasteiger partial charge in [0.25, 0.3) is 10.0 Å². The van der Waals surface area contributed by atoms with E-state index in [4.69, 9.17) is 0 Å². The van der Waals surface area contributed by atoms with Crippen molar-refractivity contribution in [1.29, 1.82) is 0 Å². The van der Waals surface area contributed by atoms with Gasteiger partial charge in [-0.3, -0.25) is 13.9 Å². The molecular weight excluding hydrogens is 577 g/mol. The first-order chi connectivity index (χ1) is 20.8. The number of nitrogens with one attached hydrogen (secondary N) is 1. The molecular formula is C35H38FN3O4S. The zero-order valence-corrected chi connectivity index (χ0v) is 26.2. The molecule has 9 heteroatoms. The Labute approximate surface area is 259 Å². The molecule has 0 unspecified atom stereocenters. The normalized spacial score (nSPS) is 12.3. The fourth-order valence-electron chi connectivity index (χ4n) is 4.78. The van der Waals surface area contributed by atoms with Crippen LogP contribution in [0.15, 0.2) is 114 Å². The quantitative estimate of drug-likeness (QED) is 0.228. The lowest BCUT2D eigenvalue weighted by Gasteiger charge is -2.35. The number of amides is 2. The maximum absolute atomic E-state index is 15.0. The van der Waals surface area contributed by atoms with Crippen molar-refractivity contribution in [3.05, 3.63) is 132 Å². The molecule has 0 spiro atoms. The number of sulfonamides is 1. The summed E-state index contributed by atoms with van der Waals surface area (Å²) in [6, 6.07) is 28.9. The predicted octanol–water partition coefficient (Wildman–Crippen LogP) is 5.88. The summed E-state index contributed by atoms with van der Waals surface area (Å²) in [6.07, 6.45) is 0.138. The van der Waals surface area contributed by atoms with Crippen LogP contribution in [0.4, 0.5) is 10.1 Å². The molecule has 4 rings (SSSR count). The zero-order valence-electron chi connectivity index (χ0n) is 25.4. The van der Waals surface area contributed by atoms with E-state index in [0.717, 1.165) is 15.4 Å². The van der Waals surface area contributed by atoms with Crippen LogP contribution in [0.1, 0.15) is 37.5 Å². The van der Waals surface area contributed by atoms with E-state index in [9.17, 15) is 18.0 Å². The summed E-state index contributed by atoms with van der Waals surface area (Å²) >= 11 is 0. The first kappa shape index (κ1) is 32.4. The van der Waals surface area contributed by atoms with Crippen LogP contribution in [0, 0.1) is 12.7 Å². The topological polar surface area (TPSA) is 86.8 Å². The van der Waals surface area contributed by atoms with E-state index in [1.807, 2.05) is 58.0 Å². The molecule has 230 valence electrons. The van der Waals surface area contributed by atoms with Gasteiger partial charge in [0, 0.05) is 24.1 Å². The molecule has 1 N–H and O–H groups in total. The molecule has 44 heavy (non-hydrogen) atoms. The molecule has 1 atom stereocenters. The molecule has 4 aromatic carbocycles. The highest BCUT2D eigenvalue weighted by Crippen LogP contribution is 2.25. The van der Waals surface area contributed by atoms with Crippen LogP contribution in [0.2, 0.25) is 0 Å². The number of carbonyl (C=O) groups is 2. The number of para-hydroxylation sites is 1. The second kappa shape index (κ2) is 13.9. The number of hydrogen-bond acceptors (Lipinski definition) is 4. The van der Waals surface area contributed by atoms with Crippen molar-refractivity contribution >= 4 is 27.5 Å². The Kier molecular flexibility index (Phi) is 10.2. The fraction of sp³-hybridized carbons (Fsp3) is 0.257. The predicted molar refractivity (Wildman–Crippen MR) is 171 cm³/mol. The van der Waals surface area contributed by atoms with Crippen molar-refractivity contribution < 1.29 is 22.4 Å². The molecule has 0 aromatic heterocycles. The number of carbonyl (C=O) groups excluding carboxylic acids is 2. The number of halogens is 1. The lowest BCUT2D eigenvalue weighted by atomic mass is 10.0. The molecule has 2 amide bonds. The highest BCUT2D eigenvalue weighted by molar-refractivity contribution is 7.92. The van der Waals surface area contributed by atoms with E-state index in [-0.39, 0.29) is 29.1 Å². The molecule has 0 aliphatic rings. The second-order valence-electron chi connectivity index (χ2n) is 11.7. The minimum Gasteiger partial charge on any atom is -0.350 e. The van der Waals surface area contributed by atoms with Crippen LogP contribution < -0.4 is 9.62 Å². The molecule has 0 saturated heterocycles. The Bertz CT molecular complexity index is 1670. The van der Waals surface area contributed by atoms with Gasteiger partial charge in [-0.2, -0.15) is 0 Å². The minimum atomic E-state index is -4.20. The van der Waals surface area contributed by atoms with Gasteiger partial charge in [-0.05, 0) is 63.6 Å². The van der Waals surface area contributed by atoms with E-state index < -0.39 is 45.8 Å². The zero-order chi connectivity index (χ0) is 31.9. The first-order valence-electron chi connectivity index (χ1n) is 14.4. The highest BCUT2D eigenvalue weighted by atomic mass is 32.2. The van der Waals surface area contributed by atoms with Crippen LogP contribution in [0.5, 0.6) is 0 Å². The minimum absolute atomic E-state index is 0.0201. The van der Waals surface area contributed by atoms with Crippen molar-refractivity contribution in [3.63, 3.8) is 0 Å². The number of benzene rings is 4. The summed E-state index contributed by atoms with van der Waals surface area (Å²) in [5.41, 5.74) is 1.54. The summed E-state index contributed by atoms with van der Waals surface area (Å²) in [5.74, 6) is -1.62. The van der Waals surface area contributed by atoms with Gasteiger partial charge in [-0.25, -0.2) is 12.8 Å². The Balaban J connectivity index is 1.81. The van der Waals surface area contributed by atoms with Crippen LogP contribution in [-0.4, -0.2) is 43.3 Å². The van der Waals surface area contributed by atoms with Crippen molar-refractivity contribution in [1.82, 2.24) is 10.2 Å². The van der Waals surface area contributed by atoms with E-state index in [1.165, 1.54) is 23.1 Å². The standard InChI is InChI=1S/C35H38FN3O4S/c1-26-19-21-30(22-20-26)44(42,43)39(29-16-9-6-10-17-29)25-33(40)38(24-28-15-11-12-18-31(28)36)32(34(41)37-35(2,3)4)23-27-13-7-5-8-14-27/h5-22,32H,23-25H2,1-4H3,(H,37,41)/t32-/m0/s1. The molecule has 0 bridgehead atoms. The summed E-state index contributed by atoms with van der Waals surface area (Å²) < 4.78 is 44.1. The van der Waals surface area contributed by atoms with Gasteiger partial charge in [-0.15, -0.1) is 0 Å². The number of rotatable bonds is 11.